The van der Waals surface area contributed by atoms with Crippen molar-refractivity contribution in [1.29, 1.82) is 0 Å². The van der Waals surface area contributed by atoms with Crippen LogP contribution in [0.5, 0.6) is 0 Å². The lowest BCUT2D eigenvalue weighted by Gasteiger charge is -2.15. The van der Waals surface area contributed by atoms with Crippen molar-refractivity contribution in [1.82, 2.24) is 13.9 Å². The van der Waals surface area contributed by atoms with E-state index < -0.39 is 10.0 Å². The van der Waals surface area contributed by atoms with Gasteiger partial charge in [0.05, 0.1) is 11.6 Å². The van der Waals surface area contributed by atoms with Gasteiger partial charge >= 0.3 is 0 Å². The number of allylic oxidation sites excluding steroid dienone is 1. The van der Waals surface area contributed by atoms with Crippen LogP contribution in [0.25, 0.3) is 10.2 Å². The molecule has 4 rings (SSSR count). The molecule has 1 atom stereocenters. The first-order chi connectivity index (χ1) is 13.4. The molecule has 2 aromatic rings. The van der Waals surface area contributed by atoms with Gasteiger partial charge in [0.1, 0.15) is 4.83 Å². The number of aryl methyl sites for hydroxylation is 2. The first-order valence-electron chi connectivity index (χ1n) is 9.62. The zero-order valence-corrected chi connectivity index (χ0v) is 18.5. The molecule has 2 aliphatic rings. The molecule has 1 saturated heterocycles. The Labute approximate surface area is 173 Å². The SMILES string of the molecule is C=CCn1c(SC[C@@H]2CCN(S(C)(=O)=O)C2)nc2sc3c(c2c1=O)CCCC3. The van der Waals surface area contributed by atoms with Crippen LogP contribution in [0.15, 0.2) is 22.6 Å². The minimum atomic E-state index is -3.13. The zero-order valence-electron chi connectivity index (χ0n) is 16.0. The molecular weight excluding hydrogens is 414 g/mol. The molecule has 152 valence electrons. The van der Waals surface area contributed by atoms with Crippen molar-refractivity contribution in [2.75, 3.05) is 25.1 Å². The molecule has 6 nitrogen and oxygen atoms in total. The second kappa shape index (κ2) is 7.93. The first kappa shape index (κ1) is 20.1. The van der Waals surface area contributed by atoms with Gasteiger partial charge in [0.25, 0.3) is 5.56 Å². The molecule has 0 spiro atoms. The summed E-state index contributed by atoms with van der Waals surface area (Å²) in [5.41, 5.74) is 1.24. The van der Waals surface area contributed by atoms with E-state index in [0.29, 0.717) is 24.8 Å². The van der Waals surface area contributed by atoms with Gasteiger partial charge in [-0.3, -0.25) is 9.36 Å². The fraction of sp³-hybridized carbons (Fsp3) is 0.579. The number of aromatic nitrogens is 2. The Morgan fingerprint density at radius 1 is 1.36 bits per heavy atom. The van der Waals surface area contributed by atoms with Crippen LogP contribution in [-0.4, -0.2) is 47.4 Å². The third kappa shape index (κ3) is 3.81. The monoisotopic (exact) mass is 439 g/mol. The predicted molar refractivity (Wildman–Crippen MR) is 116 cm³/mol. The third-order valence-electron chi connectivity index (χ3n) is 5.52. The van der Waals surface area contributed by atoms with Gasteiger partial charge < -0.3 is 0 Å². The van der Waals surface area contributed by atoms with Gasteiger partial charge in [-0.1, -0.05) is 17.8 Å². The van der Waals surface area contributed by atoms with Crippen LogP contribution in [-0.2, 0) is 29.4 Å². The van der Waals surface area contributed by atoms with E-state index in [0.717, 1.165) is 41.7 Å². The highest BCUT2D eigenvalue weighted by molar-refractivity contribution is 7.99. The van der Waals surface area contributed by atoms with Crippen molar-refractivity contribution in [3.63, 3.8) is 0 Å². The summed E-state index contributed by atoms with van der Waals surface area (Å²) in [7, 11) is -3.13. The molecule has 28 heavy (non-hydrogen) atoms. The molecule has 3 heterocycles. The Bertz CT molecular complexity index is 1070. The lowest BCUT2D eigenvalue weighted by Crippen LogP contribution is -2.28. The van der Waals surface area contributed by atoms with Gasteiger partial charge in [-0.2, -0.15) is 0 Å². The van der Waals surface area contributed by atoms with Gasteiger partial charge in [-0.05, 0) is 43.6 Å². The van der Waals surface area contributed by atoms with Crippen LogP contribution < -0.4 is 5.56 Å². The van der Waals surface area contributed by atoms with Gasteiger partial charge in [0, 0.05) is 30.3 Å². The second-order valence-corrected chi connectivity index (χ2v) is 11.6. The molecule has 0 bridgehead atoms. The molecule has 0 unspecified atom stereocenters. The van der Waals surface area contributed by atoms with Gasteiger partial charge in [-0.25, -0.2) is 17.7 Å². The number of fused-ring (bicyclic) bond motifs is 3. The zero-order chi connectivity index (χ0) is 19.9. The number of thioether (sulfide) groups is 1. The topological polar surface area (TPSA) is 72.3 Å². The van der Waals surface area contributed by atoms with Crippen LogP contribution in [0.4, 0.5) is 0 Å². The van der Waals surface area contributed by atoms with E-state index in [1.807, 2.05) is 0 Å². The Morgan fingerprint density at radius 2 is 2.14 bits per heavy atom. The van der Waals surface area contributed by atoms with E-state index >= 15 is 0 Å². The number of rotatable bonds is 6. The summed E-state index contributed by atoms with van der Waals surface area (Å²) < 4.78 is 26.7. The normalized spacial score (nSPS) is 20.5. The molecule has 0 N–H and O–H groups in total. The largest absolute Gasteiger partial charge is 0.283 e. The lowest BCUT2D eigenvalue weighted by molar-refractivity contribution is 0.470. The maximum Gasteiger partial charge on any atom is 0.263 e. The predicted octanol–water partition coefficient (Wildman–Crippen LogP) is 2.90. The molecule has 1 fully saturated rings. The van der Waals surface area contributed by atoms with Crippen molar-refractivity contribution in [3.05, 3.63) is 33.4 Å². The average Bonchev–Trinajstić information content (AvgIpc) is 3.26. The van der Waals surface area contributed by atoms with E-state index in [4.69, 9.17) is 4.98 Å². The summed E-state index contributed by atoms with van der Waals surface area (Å²) in [4.78, 5) is 20.3. The highest BCUT2D eigenvalue weighted by Crippen LogP contribution is 2.35. The molecule has 0 saturated carbocycles. The summed E-state index contributed by atoms with van der Waals surface area (Å²) in [5, 5.41) is 1.52. The molecule has 0 aromatic carbocycles. The summed E-state index contributed by atoms with van der Waals surface area (Å²) >= 11 is 3.23. The van der Waals surface area contributed by atoms with Crippen molar-refractivity contribution in [2.45, 2.75) is 43.8 Å². The Kier molecular flexibility index (Phi) is 5.70. The highest BCUT2D eigenvalue weighted by Gasteiger charge is 2.29. The molecule has 1 aliphatic carbocycles. The average molecular weight is 440 g/mol. The molecule has 2 aromatic heterocycles. The van der Waals surface area contributed by atoms with E-state index in [1.165, 1.54) is 23.1 Å². The summed E-state index contributed by atoms with van der Waals surface area (Å²) in [6.45, 7) is 5.37. The quantitative estimate of drug-likeness (QED) is 0.393. The first-order valence-corrected chi connectivity index (χ1v) is 13.3. The van der Waals surface area contributed by atoms with Crippen molar-refractivity contribution >= 4 is 43.3 Å². The Morgan fingerprint density at radius 3 is 2.86 bits per heavy atom. The van der Waals surface area contributed by atoms with E-state index in [-0.39, 0.29) is 11.5 Å². The number of thiophene rings is 1. The highest BCUT2D eigenvalue weighted by atomic mass is 32.2. The van der Waals surface area contributed by atoms with Crippen LogP contribution in [0.1, 0.15) is 29.7 Å². The second-order valence-electron chi connectivity index (χ2n) is 7.58. The summed E-state index contributed by atoms with van der Waals surface area (Å²) in [5.74, 6) is 1.03. The number of hydrogen-bond acceptors (Lipinski definition) is 6. The van der Waals surface area contributed by atoms with Gasteiger partial charge in [0.2, 0.25) is 10.0 Å². The van der Waals surface area contributed by atoms with Gasteiger partial charge in [0.15, 0.2) is 5.16 Å². The Balaban J connectivity index is 1.62. The van der Waals surface area contributed by atoms with Crippen molar-refractivity contribution < 1.29 is 8.42 Å². The minimum Gasteiger partial charge on any atom is -0.283 e. The number of hydrogen-bond donors (Lipinski definition) is 0. The molecule has 9 heteroatoms. The standard InChI is InChI=1S/C19H25N3O3S3/c1-3-9-22-18(23)16-14-6-4-5-7-15(14)27-17(16)20-19(22)26-12-13-8-10-21(11-13)28(2,24)25/h3,13H,1,4-12H2,2H3/t13-/m1/s1. The van der Waals surface area contributed by atoms with Crippen LogP contribution >= 0.6 is 23.1 Å². The van der Waals surface area contributed by atoms with E-state index in [1.54, 1.807) is 38.0 Å². The minimum absolute atomic E-state index is 0.0379. The molecule has 0 radical (unpaired) electrons. The Hall–Kier alpha value is -1.16. The third-order valence-corrected chi connectivity index (χ3v) is 9.18. The smallest absolute Gasteiger partial charge is 0.263 e. The molecular formula is C19H25N3O3S3. The fourth-order valence-electron chi connectivity index (χ4n) is 4.05. The maximum absolute atomic E-state index is 13.2. The van der Waals surface area contributed by atoms with Crippen LogP contribution in [0.3, 0.4) is 0 Å². The lowest BCUT2D eigenvalue weighted by atomic mass is 9.97. The number of nitrogens with zero attached hydrogens (tertiary/aromatic N) is 3. The maximum atomic E-state index is 13.2. The van der Waals surface area contributed by atoms with Crippen molar-refractivity contribution in [2.24, 2.45) is 5.92 Å². The fourth-order valence-corrected chi connectivity index (χ4v) is 7.40. The van der Waals surface area contributed by atoms with Crippen molar-refractivity contribution in [3.8, 4) is 0 Å². The van der Waals surface area contributed by atoms with Crippen LogP contribution in [0, 0.1) is 5.92 Å². The number of sulfonamides is 1. The molecule has 0 amide bonds. The summed E-state index contributed by atoms with van der Waals surface area (Å²) in [6.07, 6.45) is 8.17. The summed E-state index contributed by atoms with van der Waals surface area (Å²) in [6, 6.07) is 0. The van der Waals surface area contributed by atoms with Crippen LogP contribution in [0.2, 0.25) is 0 Å². The van der Waals surface area contributed by atoms with E-state index in [9.17, 15) is 13.2 Å². The molecule has 1 aliphatic heterocycles. The van der Waals surface area contributed by atoms with Gasteiger partial charge in [-0.15, -0.1) is 17.9 Å². The van der Waals surface area contributed by atoms with E-state index in [2.05, 4.69) is 6.58 Å².